The predicted molar refractivity (Wildman–Crippen MR) is 153 cm³/mol. The van der Waals surface area contributed by atoms with Gasteiger partial charge in [0.1, 0.15) is 29.4 Å². The molecule has 0 radical (unpaired) electrons. The molecular weight excluding hydrogens is 580 g/mol. The van der Waals surface area contributed by atoms with E-state index in [0.717, 1.165) is 0 Å². The van der Waals surface area contributed by atoms with E-state index in [9.17, 15) is 50.0 Å². The van der Waals surface area contributed by atoms with Crippen LogP contribution >= 0.6 is 0 Å². The number of amides is 1. The van der Waals surface area contributed by atoms with Crippen molar-refractivity contribution in [3.8, 4) is 5.75 Å². The first kappa shape index (κ1) is 32.9. The molecule has 44 heavy (non-hydrogen) atoms. The highest BCUT2D eigenvalue weighted by molar-refractivity contribution is 6.25. The van der Waals surface area contributed by atoms with Crippen molar-refractivity contribution in [3.63, 3.8) is 0 Å². The molecule has 240 valence electrons. The van der Waals surface area contributed by atoms with Crippen LogP contribution in [0.1, 0.15) is 49.0 Å². The minimum atomic E-state index is -3.00. The van der Waals surface area contributed by atoms with Crippen molar-refractivity contribution >= 4 is 17.5 Å². The fraction of sp³-hybridized carbons (Fsp3) is 0.552. The third-order valence-electron chi connectivity index (χ3n) is 8.95. The van der Waals surface area contributed by atoms with Crippen LogP contribution in [0.2, 0.25) is 0 Å². The number of phenols is 1. The van der Waals surface area contributed by atoms with Crippen molar-refractivity contribution in [2.45, 2.75) is 57.0 Å². The lowest BCUT2D eigenvalue weighted by atomic mass is 9.55. The van der Waals surface area contributed by atoms with Gasteiger partial charge >= 0.3 is 0 Å². The number of aliphatic hydroxyl groups is 4. The van der Waals surface area contributed by atoms with Crippen LogP contribution in [-0.2, 0) is 14.4 Å². The van der Waals surface area contributed by atoms with E-state index in [-0.39, 0.29) is 24.5 Å². The monoisotopic (exact) mass is 618 g/mol. The van der Waals surface area contributed by atoms with E-state index in [1.54, 1.807) is 24.8 Å². The van der Waals surface area contributed by atoms with E-state index < -0.39 is 86.9 Å². The molecule has 1 unspecified atom stereocenters. The van der Waals surface area contributed by atoms with Gasteiger partial charge in [-0.15, -0.1) is 10.1 Å². The Kier molecular flexibility index (Phi) is 9.07. The Morgan fingerprint density at radius 2 is 1.86 bits per heavy atom. The maximum Gasteiger partial charge on any atom is 0.294 e. The molecule has 1 aromatic carbocycles. The summed E-state index contributed by atoms with van der Waals surface area (Å²) in [4.78, 5) is 59.3. The Morgan fingerprint density at radius 3 is 2.45 bits per heavy atom. The number of benzene rings is 1. The molecule has 3 aliphatic carbocycles. The van der Waals surface area contributed by atoms with Crippen LogP contribution in [0.3, 0.4) is 0 Å². The number of hydrogen-bond donors (Lipinski definition) is 6. The number of nitrogens with one attached hydrogen (secondary N) is 1. The Morgan fingerprint density at radius 1 is 1.20 bits per heavy atom. The van der Waals surface area contributed by atoms with Gasteiger partial charge in [-0.3, -0.25) is 24.2 Å². The lowest BCUT2D eigenvalue weighted by Crippen LogP contribution is -2.68. The van der Waals surface area contributed by atoms with Crippen LogP contribution < -0.4 is 5.32 Å². The van der Waals surface area contributed by atoms with Crippen LogP contribution in [0.4, 0.5) is 0 Å². The van der Waals surface area contributed by atoms with Gasteiger partial charge in [-0.1, -0.05) is 26.0 Å². The van der Waals surface area contributed by atoms with Crippen molar-refractivity contribution in [1.82, 2.24) is 15.1 Å². The van der Waals surface area contributed by atoms with E-state index in [1.807, 2.05) is 6.92 Å². The Hall–Kier alpha value is -4.05. The smallest absolute Gasteiger partial charge is 0.294 e. The van der Waals surface area contributed by atoms with Crippen molar-refractivity contribution in [2.75, 3.05) is 33.8 Å². The third kappa shape index (κ3) is 5.08. The number of nitrogens with zero attached hydrogens (tertiary/aromatic N) is 3. The minimum absolute atomic E-state index is 0.0384. The van der Waals surface area contributed by atoms with Crippen LogP contribution in [0.5, 0.6) is 5.75 Å². The summed E-state index contributed by atoms with van der Waals surface area (Å²) in [5.41, 5.74) is -4.08. The Balaban J connectivity index is 1.79. The average molecular weight is 619 g/mol. The summed E-state index contributed by atoms with van der Waals surface area (Å²) in [7, 11) is 2.97. The molecule has 0 aromatic heterocycles. The molecule has 3 aliphatic rings. The van der Waals surface area contributed by atoms with Crippen molar-refractivity contribution in [2.24, 2.45) is 11.8 Å². The van der Waals surface area contributed by atoms with Gasteiger partial charge in [0.15, 0.2) is 11.4 Å². The highest BCUT2D eigenvalue weighted by Crippen LogP contribution is 2.55. The maximum absolute atomic E-state index is 14.0. The van der Waals surface area contributed by atoms with Crippen LogP contribution in [0.15, 0.2) is 40.9 Å². The number of carbonyl (C=O) groups is 3. The van der Waals surface area contributed by atoms with Crippen LogP contribution in [0.25, 0.3) is 0 Å². The average Bonchev–Trinajstić information content (AvgIpc) is 2.94. The van der Waals surface area contributed by atoms with Crippen molar-refractivity contribution in [1.29, 1.82) is 0 Å². The molecule has 0 fully saturated rings. The maximum atomic E-state index is 14.0. The number of rotatable bonds is 10. The highest BCUT2D eigenvalue weighted by atomic mass is 16.9. The van der Waals surface area contributed by atoms with Gasteiger partial charge in [-0.05, 0) is 51.5 Å². The number of ketones is 2. The Labute approximate surface area is 253 Å². The van der Waals surface area contributed by atoms with Gasteiger partial charge in [-0.2, -0.15) is 0 Å². The zero-order chi connectivity index (χ0) is 32.8. The third-order valence-corrected chi connectivity index (χ3v) is 8.95. The van der Waals surface area contributed by atoms with Gasteiger partial charge in [0.25, 0.3) is 11.0 Å². The first-order valence-electron chi connectivity index (χ1n) is 14.3. The van der Waals surface area contributed by atoms with Gasteiger partial charge in [0.2, 0.25) is 5.78 Å². The van der Waals surface area contributed by atoms with Gasteiger partial charge < -0.3 is 35.7 Å². The summed E-state index contributed by atoms with van der Waals surface area (Å²) < 4.78 is 0. The molecule has 4 rings (SSSR count). The zero-order valence-corrected chi connectivity index (χ0v) is 25.1. The van der Waals surface area contributed by atoms with Crippen molar-refractivity contribution < 1.29 is 49.8 Å². The number of fused-ring (bicyclic) bond motifs is 3. The molecule has 0 heterocycles. The van der Waals surface area contributed by atoms with Crippen molar-refractivity contribution in [3.05, 3.63) is 62.1 Å². The van der Waals surface area contributed by atoms with Gasteiger partial charge in [0.05, 0.1) is 29.8 Å². The molecule has 0 saturated carbocycles. The molecular formula is C29H38N4O11. The van der Waals surface area contributed by atoms with E-state index in [1.165, 1.54) is 31.1 Å². The molecule has 0 saturated heterocycles. The molecule has 0 bridgehead atoms. The number of aromatic hydroxyl groups is 1. The first-order valence-corrected chi connectivity index (χ1v) is 14.3. The van der Waals surface area contributed by atoms with E-state index in [4.69, 9.17) is 0 Å². The lowest BCUT2D eigenvalue weighted by molar-refractivity contribution is -0.757. The van der Waals surface area contributed by atoms with Gasteiger partial charge in [0, 0.05) is 18.0 Å². The summed E-state index contributed by atoms with van der Waals surface area (Å²) in [6.07, 6.45) is -1.89. The summed E-state index contributed by atoms with van der Waals surface area (Å²) >= 11 is 0. The largest absolute Gasteiger partial charge is 0.510 e. The standard InChI is InChI=1S/C29H38N4O11/c1-6-10-32(11-12-44-33(42)43)14(3)30-28(40)20-25(37)22(31(4)5)21-24(36)17-13(2)15-8-7-9-16(34)18(15)23(35)19(17)26(38)29(21,41)27(20)39/h7-9,13-14,17,21-22,24,34,36-38,41H,6,10-12H2,1-5H3,(H,30,40)/t13-,14?,17+,21+,22-,24-,29-/m0/s1. The quantitative estimate of drug-likeness (QED) is 0.0913. The molecule has 15 nitrogen and oxygen atoms in total. The lowest BCUT2D eigenvalue weighted by Gasteiger charge is -2.53. The summed E-state index contributed by atoms with van der Waals surface area (Å²) in [5, 5.41) is 69.4. The molecule has 7 atom stereocenters. The second-order valence-electron chi connectivity index (χ2n) is 11.7. The summed E-state index contributed by atoms with van der Waals surface area (Å²) in [5.74, 6) is -8.99. The molecule has 1 aromatic rings. The van der Waals surface area contributed by atoms with E-state index >= 15 is 0 Å². The SMILES string of the molecule is CCCN(CCO[N+](=O)[O-])C(C)NC(=O)C1=C(O)[C@@H](N(C)C)[C@@H]2[C@@H](O)[C@H]3C(=C(O)[C@]2(O)C1=O)C(=O)c1c(O)cccc1[C@@H]3C. The number of aliphatic hydroxyl groups excluding tert-OH is 3. The van der Waals surface area contributed by atoms with E-state index in [2.05, 4.69) is 10.2 Å². The molecule has 15 heteroatoms. The molecule has 6 N–H and O–H groups in total. The number of likely N-dealkylation sites (N-methyl/N-ethyl adjacent to an activating group) is 1. The number of carbonyl (C=O) groups excluding carboxylic acids is 3. The molecule has 0 aliphatic heterocycles. The number of phenolic OH excluding ortho intramolecular Hbond substituents is 1. The van der Waals surface area contributed by atoms with Crippen LogP contribution in [0, 0.1) is 22.0 Å². The predicted octanol–water partition coefficient (Wildman–Crippen LogP) is 0.550. The Bertz CT molecular complexity index is 1440. The van der Waals surface area contributed by atoms with Crippen LogP contribution in [-0.4, -0.2) is 116 Å². The summed E-state index contributed by atoms with van der Waals surface area (Å²) in [6, 6.07) is 3.05. The molecule has 1 amide bonds. The zero-order valence-electron chi connectivity index (χ0n) is 25.1. The normalized spacial score (nSPS) is 28.9. The topological polar surface area (TPSA) is 223 Å². The van der Waals surface area contributed by atoms with Gasteiger partial charge in [-0.25, -0.2) is 0 Å². The number of hydrogen-bond acceptors (Lipinski definition) is 13. The fourth-order valence-electron chi connectivity index (χ4n) is 6.94. The highest BCUT2D eigenvalue weighted by Gasteiger charge is 2.67. The first-order chi connectivity index (χ1) is 20.6. The number of Topliss-reactive ketones (excluding diaryl/α,β-unsaturated/α-hetero) is 2. The summed E-state index contributed by atoms with van der Waals surface area (Å²) in [6.45, 7) is 5.18. The minimum Gasteiger partial charge on any atom is -0.510 e. The fourth-order valence-corrected chi connectivity index (χ4v) is 6.94. The molecule has 0 spiro atoms. The second kappa shape index (κ2) is 12.1. The van der Waals surface area contributed by atoms with E-state index in [0.29, 0.717) is 18.5 Å². The second-order valence-corrected chi connectivity index (χ2v) is 11.7.